The molecule has 2 aromatic carbocycles. The van der Waals surface area contributed by atoms with Crippen molar-refractivity contribution in [2.24, 2.45) is 5.10 Å². The number of hydrazone groups is 1. The Morgan fingerprint density at radius 1 is 1.18 bits per heavy atom. The van der Waals surface area contributed by atoms with E-state index in [2.05, 4.69) is 20.3 Å². The van der Waals surface area contributed by atoms with Gasteiger partial charge < -0.3 is 10.1 Å². The number of hydrogen-bond acceptors (Lipinski definition) is 4. The summed E-state index contributed by atoms with van der Waals surface area (Å²) in [6, 6.07) is 9.51. The summed E-state index contributed by atoms with van der Waals surface area (Å²) in [4.78, 5) is 12.8. The van der Waals surface area contributed by atoms with Gasteiger partial charge in [0.25, 0.3) is 0 Å². The zero-order valence-corrected chi connectivity index (χ0v) is 17.5. The highest BCUT2D eigenvalue weighted by molar-refractivity contribution is 6.30. The Morgan fingerprint density at radius 2 is 1.94 bits per heavy atom. The molecule has 0 radical (unpaired) electrons. The number of carbonyl (C=O) groups excluding carboxylic acids is 1. The molecule has 4 rings (SSSR count). The third-order valence-corrected chi connectivity index (χ3v) is 4.94. The van der Waals surface area contributed by atoms with Crippen molar-refractivity contribution in [1.29, 1.82) is 0 Å². The Labute approximate surface area is 190 Å². The molecule has 1 unspecified atom stereocenters. The van der Waals surface area contributed by atoms with Gasteiger partial charge in [0, 0.05) is 24.0 Å². The fraction of sp³-hybridized carbons (Fsp3) is 0.190. The first kappa shape index (κ1) is 22.6. The lowest BCUT2D eigenvalue weighted by molar-refractivity contribution is -0.274. The predicted octanol–water partition coefficient (Wildman–Crippen LogP) is 5.46. The van der Waals surface area contributed by atoms with E-state index in [0.717, 1.165) is 12.1 Å². The van der Waals surface area contributed by atoms with Crippen LogP contribution in [-0.4, -0.2) is 39.4 Å². The molecule has 0 spiro atoms. The number of anilines is 1. The molecule has 172 valence electrons. The first-order valence-corrected chi connectivity index (χ1v) is 10.0. The predicted molar refractivity (Wildman–Crippen MR) is 113 cm³/mol. The molecule has 1 aliphatic rings. The van der Waals surface area contributed by atoms with Crippen LogP contribution in [0.15, 0.2) is 66.0 Å². The molecule has 1 aromatic heterocycles. The largest absolute Gasteiger partial charge is 0.573 e. The van der Waals surface area contributed by atoms with Crippen molar-refractivity contribution in [2.45, 2.75) is 18.8 Å². The van der Waals surface area contributed by atoms with E-state index in [1.165, 1.54) is 41.5 Å². The molecule has 12 heteroatoms. The molecule has 0 fully saturated rings. The maximum atomic E-state index is 13.9. The van der Waals surface area contributed by atoms with Gasteiger partial charge >= 0.3 is 12.4 Å². The summed E-state index contributed by atoms with van der Waals surface area (Å²) in [6.45, 7) is 0.210. The van der Waals surface area contributed by atoms with Gasteiger partial charge in [-0.3, -0.25) is 4.68 Å². The smallest absolute Gasteiger partial charge is 0.406 e. The molecule has 33 heavy (non-hydrogen) atoms. The zero-order chi connectivity index (χ0) is 23.6. The fourth-order valence-corrected chi connectivity index (χ4v) is 3.49. The number of urea groups is 1. The minimum absolute atomic E-state index is 0.210. The van der Waals surface area contributed by atoms with E-state index in [-0.39, 0.29) is 18.3 Å². The van der Waals surface area contributed by atoms with Gasteiger partial charge in [0.2, 0.25) is 0 Å². The number of alkyl halides is 3. The molecule has 3 aromatic rings. The van der Waals surface area contributed by atoms with E-state index in [1.807, 2.05) is 0 Å². The van der Waals surface area contributed by atoms with Crippen LogP contribution in [0.1, 0.15) is 18.0 Å². The molecule has 0 saturated heterocycles. The Kier molecular flexibility index (Phi) is 6.23. The zero-order valence-electron chi connectivity index (χ0n) is 16.8. The standard InChI is InChI=1S/C21H16ClF4N5O2/c22-14-11-27-31(12-14)18-8-9-30(29-19(18)13-2-1-3-15(23)10-13)20(32)28-16-4-6-17(7-5-16)33-21(24,25)26/h1-7,10-12,18H,8-9H2,(H,28,32). The van der Waals surface area contributed by atoms with E-state index in [1.54, 1.807) is 16.9 Å². The van der Waals surface area contributed by atoms with Gasteiger partial charge in [0.1, 0.15) is 11.6 Å². The maximum absolute atomic E-state index is 13.9. The summed E-state index contributed by atoms with van der Waals surface area (Å²) in [5, 5.41) is 12.8. The highest BCUT2D eigenvalue weighted by Gasteiger charge is 2.31. The Hall–Kier alpha value is -3.60. The topological polar surface area (TPSA) is 71.8 Å². The summed E-state index contributed by atoms with van der Waals surface area (Å²) < 4.78 is 56.2. The van der Waals surface area contributed by atoms with E-state index in [9.17, 15) is 22.4 Å². The molecule has 0 aliphatic carbocycles. The first-order valence-electron chi connectivity index (χ1n) is 9.66. The van der Waals surface area contributed by atoms with Gasteiger partial charge in [-0.05, 0) is 42.8 Å². The summed E-state index contributed by atoms with van der Waals surface area (Å²) in [7, 11) is 0. The van der Waals surface area contributed by atoms with Gasteiger partial charge in [-0.1, -0.05) is 23.7 Å². The maximum Gasteiger partial charge on any atom is 0.573 e. The van der Waals surface area contributed by atoms with E-state index >= 15 is 0 Å². The van der Waals surface area contributed by atoms with Crippen molar-refractivity contribution in [2.75, 3.05) is 11.9 Å². The molecular weight excluding hydrogens is 466 g/mol. The molecule has 1 N–H and O–H groups in total. The van der Waals surface area contributed by atoms with Gasteiger partial charge in [0.15, 0.2) is 0 Å². The lowest BCUT2D eigenvalue weighted by atomic mass is 9.99. The van der Waals surface area contributed by atoms with Crippen LogP contribution < -0.4 is 10.1 Å². The minimum atomic E-state index is -4.81. The number of nitrogens with zero attached hydrogens (tertiary/aromatic N) is 4. The first-order chi connectivity index (χ1) is 15.7. The lowest BCUT2D eigenvalue weighted by Crippen LogP contribution is -2.39. The van der Waals surface area contributed by atoms with Crippen molar-refractivity contribution in [1.82, 2.24) is 14.8 Å². The highest BCUT2D eigenvalue weighted by atomic mass is 35.5. The van der Waals surface area contributed by atoms with Crippen LogP contribution in [0.5, 0.6) is 5.75 Å². The number of ether oxygens (including phenoxy) is 1. The van der Waals surface area contributed by atoms with Gasteiger partial charge in [0.05, 0.1) is 23.0 Å². The molecular formula is C21H16ClF4N5O2. The normalized spacial score (nSPS) is 16.3. The number of rotatable bonds is 4. The molecule has 1 aliphatic heterocycles. The van der Waals surface area contributed by atoms with Crippen LogP contribution in [0.4, 0.5) is 28.0 Å². The third kappa shape index (κ3) is 5.61. The SMILES string of the molecule is O=C(Nc1ccc(OC(F)(F)F)cc1)N1CCC(n2cc(Cl)cn2)C(c2cccc(F)c2)=N1. The Morgan fingerprint density at radius 3 is 2.58 bits per heavy atom. The van der Waals surface area contributed by atoms with Crippen LogP contribution in [0.3, 0.4) is 0 Å². The lowest BCUT2D eigenvalue weighted by Gasteiger charge is -2.30. The highest BCUT2D eigenvalue weighted by Crippen LogP contribution is 2.27. The number of halogens is 5. The van der Waals surface area contributed by atoms with E-state index in [4.69, 9.17) is 11.6 Å². The van der Waals surface area contributed by atoms with Crippen LogP contribution in [-0.2, 0) is 0 Å². The van der Waals surface area contributed by atoms with Gasteiger partial charge in [-0.2, -0.15) is 10.2 Å². The third-order valence-electron chi connectivity index (χ3n) is 4.74. The van der Waals surface area contributed by atoms with Crippen molar-refractivity contribution in [3.05, 3.63) is 77.3 Å². The van der Waals surface area contributed by atoms with Crippen molar-refractivity contribution < 1.29 is 27.1 Å². The minimum Gasteiger partial charge on any atom is -0.406 e. The second kappa shape index (κ2) is 9.10. The summed E-state index contributed by atoms with van der Waals surface area (Å²) >= 11 is 5.99. The Bertz CT molecular complexity index is 1180. The molecule has 1 atom stereocenters. The summed E-state index contributed by atoms with van der Waals surface area (Å²) in [5.74, 6) is -0.874. The number of nitrogens with one attached hydrogen (secondary N) is 1. The van der Waals surface area contributed by atoms with Crippen molar-refractivity contribution in [3.63, 3.8) is 0 Å². The van der Waals surface area contributed by atoms with Crippen LogP contribution >= 0.6 is 11.6 Å². The van der Waals surface area contributed by atoms with Gasteiger partial charge in [-0.25, -0.2) is 14.2 Å². The van der Waals surface area contributed by atoms with E-state index < -0.39 is 24.0 Å². The van der Waals surface area contributed by atoms with Crippen molar-refractivity contribution in [3.8, 4) is 5.75 Å². The fourth-order valence-electron chi connectivity index (χ4n) is 3.34. The molecule has 2 heterocycles. The average Bonchev–Trinajstić information content (AvgIpc) is 3.20. The molecule has 0 bridgehead atoms. The quantitative estimate of drug-likeness (QED) is 0.503. The van der Waals surface area contributed by atoms with Crippen LogP contribution in [0.25, 0.3) is 0 Å². The van der Waals surface area contributed by atoms with Gasteiger partial charge in [-0.15, -0.1) is 13.2 Å². The second-order valence-corrected chi connectivity index (χ2v) is 7.50. The summed E-state index contributed by atoms with van der Waals surface area (Å²) in [5.41, 5.74) is 1.13. The average molecular weight is 482 g/mol. The Balaban J connectivity index is 1.56. The van der Waals surface area contributed by atoms with Crippen LogP contribution in [0, 0.1) is 5.82 Å². The number of benzene rings is 2. The number of hydrogen-bond donors (Lipinski definition) is 1. The second-order valence-electron chi connectivity index (χ2n) is 7.06. The monoisotopic (exact) mass is 481 g/mol. The number of carbonyl (C=O) groups is 1. The molecule has 2 amide bonds. The van der Waals surface area contributed by atoms with Crippen LogP contribution in [0.2, 0.25) is 5.02 Å². The summed E-state index contributed by atoms with van der Waals surface area (Å²) in [6.07, 6.45) is -1.31. The van der Waals surface area contributed by atoms with Crippen molar-refractivity contribution >= 4 is 29.0 Å². The number of amides is 2. The number of aromatic nitrogens is 2. The molecule has 0 saturated carbocycles. The molecule has 7 nitrogen and oxygen atoms in total. The van der Waals surface area contributed by atoms with E-state index in [0.29, 0.717) is 22.7 Å².